The molecule has 4 rings (SSSR count). The molecule has 3 aliphatic rings. The Balaban J connectivity index is 1.40. The van der Waals surface area contributed by atoms with Gasteiger partial charge in [0, 0.05) is 44.3 Å². The SMILES string of the molecule is O=C(NC1CC1)C1CN(C(=O)NCc2ccc(F)cc2)CC12CCOCC2. The Morgan fingerprint density at radius 1 is 1.19 bits per heavy atom. The predicted molar refractivity (Wildman–Crippen MR) is 97.3 cm³/mol. The first-order valence-electron chi connectivity index (χ1n) is 9.71. The Hall–Kier alpha value is -2.15. The van der Waals surface area contributed by atoms with E-state index < -0.39 is 0 Å². The van der Waals surface area contributed by atoms with Crippen molar-refractivity contribution >= 4 is 11.9 Å². The molecule has 1 unspecified atom stereocenters. The number of hydrogen-bond acceptors (Lipinski definition) is 3. The van der Waals surface area contributed by atoms with Crippen molar-refractivity contribution in [3.8, 4) is 0 Å². The molecule has 2 aliphatic heterocycles. The van der Waals surface area contributed by atoms with Crippen LogP contribution < -0.4 is 10.6 Å². The van der Waals surface area contributed by atoms with Gasteiger partial charge in [0.25, 0.3) is 0 Å². The van der Waals surface area contributed by atoms with Gasteiger partial charge in [-0.2, -0.15) is 0 Å². The third kappa shape index (κ3) is 4.08. The fourth-order valence-electron chi connectivity index (χ4n) is 4.19. The lowest BCUT2D eigenvalue weighted by molar-refractivity contribution is -0.130. The second-order valence-electron chi connectivity index (χ2n) is 7.98. The van der Waals surface area contributed by atoms with Crippen molar-refractivity contribution in [3.05, 3.63) is 35.6 Å². The highest BCUT2D eigenvalue weighted by Crippen LogP contribution is 2.44. The number of benzene rings is 1. The summed E-state index contributed by atoms with van der Waals surface area (Å²) >= 11 is 0. The largest absolute Gasteiger partial charge is 0.381 e. The molecule has 1 spiro atoms. The summed E-state index contributed by atoms with van der Waals surface area (Å²) in [6.07, 6.45) is 3.71. The maximum absolute atomic E-state index is 13.0. The van der Waals surface area contributed by atoms with Crippen LogP contribution in [-0.4, -0.2) is 49.2 Å². The number of carbonyl (C=O) groups is 2. The van der Waals surface area contributed by atoms with Gasteiger partial charge in [-0.05, 0) is 43.4 Å². The maximum atomic E-state index is 13.0. The molecule has 1 aromatic rings. The fourth-order valence-corrected chi connectivity index (χ4v) is 4.19. The minimum Gasteiger partial charge on any atom is -0.381 e. The molecule has 1 aromatic carbocycles. The third-order valence-electron chi connectivity index (χ3n) is 6.02. The van der Waals surface area contributed by atoms with Crippen LogP contribution in [0.5, 0.6) is 0 Å². The van der Waals surface area contributed by atoms with Gasteiger partial charge in [0.2, 0.25) is 5.91 Å². The lowest BCUT2D eigenvalue weighted by Gasteiger charge is -2.37. The van der Waals surface area contributed by atoms with Crippen LogP contribution in [0, 0.1) is 17.2 Å². The van der Waals surface area contributed by atoms with E-state index in [2.05, 4.69) is 10.6 Å². The zero-order valence-corrected chi connectivity index (χ0v) is 15.4. The number of nitrogens with zero attached hydrogens (tertiary/aromatic N) is 1. The van der Waals surface area contributed by atoms with E-state index in [1.165, 1.54) is 12.1 Å². The lowest BCUT2D eigenvalue weighted by atomic mass is 9.71. The van der Waals surface area contributed by atoms with Crippen molar-refractivity contribution in [2.75, 3.05) is 26.3 Å². The Morgan fingerprint density at radius 3 is 2.56 bits per heavy atom. The first-order chi connectivity index (χ1) is 13.1. The molecule has 1 atom stereocenters. The molecule has 0 aromatic heterocycles. The predicted octanol–water partition coefficient (Wildman–Crippen LogP) is 2.04. The molecule has 1 saturated carbocycles. The molecule has 146 valence electrons. The van der Waals surface area contributed by atoms with E-state index in [1.54, 1.807) is 17.0 Å². The number of hydrogen-bond donors (Lipinski definition) is 2. The van der Waals surface area contributed by atoms with Gasteiger partial charge in [0.1, 0.15) is 5.82 Å². The van der Waals surface area contributed by atoms with E-state index in [1.807, 2.05) is 0 Å². The van der Waals surface area contributed by atoms with Crippen LogP contribution in [0.2, 0.25) is 0 Å². The number of carbonyl (C=O) groups excluding carboxylic acids is 2. The smallest absolute Gasteiger partial charge is 0.317 e. The van der Waals surface area contributed by atoms with Gasteiger partial charge in [-0.3, -0.25) is 4.79 Å². The topological polar surface area (TPSA) is 70.7 Å². The molecule has 2 saturated heterocycles. The van der Waals surface area contributed by atoms with Crippen molar-refractivity contribution in [1.82, 2.24) is 15.5 Å². The average Bonchev–Trinajstić information content (AvgIpc) is 3.41. The van der Waals surface area contributed by atoms with Gasteiger partial charge in [0.05, 0.1) is 5.92 Å². The summed E-state index contributed by atoms with van der Waals surface area (Å²) in [5.74, 6) is -0.401. The van der Waals surface area contributed by atoms with Crippen LogP contribution in [0.4, 0.5) is 9.18 Å². The number of rotatable bonds is 4. The van der Waals surface area contributed by atoms with Crippen molar-refractivity contribution < 1.29 is 18.7 Å². The Morgan fingerprint density at radius 2 is 1.89 bits per heavy atom. The maximum Gasteiger partial charge on any atom is 0.317 e. The van der Waals surface area contributed by atoms with E-state index in [4.69, 9.17) is 4.74 Å². The van der Waals surface area contributed by atoms with Crippen LogP contribution >= 0.6 is 0 Å². The molecule has 0 bridgehead atoms. The normalized spacial score (nSPS) is 24.0. The summed E-state index contributed by atoms with van der Waals surface area (Å²) in [7, 11) is 0. The average molecular weight is 375 g/mol. The molecule has 1 aliphatic carbocycles. The van der Waals surface area contributed by atoms with Gasteiger partial charge in [-0.15, -0.1) is 0 Å². The summed E-state index contributed by atoms with van der Waals surface area (Å²) in [5, 5.41) is 6.01. The Bertz CT molecular complexity index is 699. The van der Waals surface area contributed by atoms with E-state index >= 15 is 0 Å². The summed E-state index contributed by atoms with van der Waals surface area (Å²) in [4.78, 5) is 27.3. The van der Waals surface area contributed by atoms with E-state index in [0.29, 0.717) is 38.9 Å². The number of ether oxygens (including phenoxy) is 1. The van der Waals surface area contributed by atoms with Crippen LogP contribution in [0.15, 0.2) is 24.3 Å². The molecule has 27 heavy (non-hydrogen) atoms. The molecule has 7 heteroatoms. The monoisotopic (exact) mass is 375 g/mol. The minimum atomic E-state index is -0.296. The minimum absolute atomic E-state index is 0.0771. The number of urea groups is 1. The number of likely N-dealkylation sites (tertiary alicyclic amines) is 1. The van der Waals surface area contributed by atoms with Crippen LogP contribution in [0.25, 0.3) is 0 Å². The third-order valence-corrected chi connectivity index (χ3v) is 6.02. The molecule has 6 nitrogen and oxygen atoms in total. The number of amides is 3. The van der Waals surface area contributed by atoms with Crippen LogP contribution in [0.1, 0.15) is 31.2 Å². The molecular weight excluding hydrogens is 349 g/mol. The highest BCUT2D eigenvalue weighted by molar-refractivity contribution is 5.83. The van der Waals surface area contributed by atoms with Crippen molar-refractivity contribution in [1.29, 1.82) is 0 Å². The van der Waals surface area contributed by atoms with Gasteiger partial charge in [0.15, 0.2) is 0 Å². The molecule has 3 fully saturated rings. The quantitative estimate of drug-likeness (QED) is 0.846. The van der Waals surface area contributed by atoms with Gasteiger partial charge >= 0.3 is 6.03 Å². The van der Waals surface area contributed by atoms with Crippen molar-refractivity contribution in [2.45, 2.75) is 38.3 Å². The van der Waals surface area contributed by atoms with E-state index in [9.17, 15) is 14.0 Å². The first-order valence-corrected chi connectivity index (χ1v) is 9.71. The van der Waals surface area contributed by atoms with E-state index in [-0.39, 0.29) is 29.1 Å². The molecule has 3 amide bonds. The lowest BCUT2D eigenvalue weighted by Crippen LogP contribution is -2.45. The summed E-state index contributed by atoms with van der Waals surface area (Å²) in [5.41, 5.74) is 0.650. The second-order valence-corrected chi connectivity index (χ2v) is 7.98. The standard InChI is InChI=1S/C20H26FN3O3/c21-15-3-1-14(2-4-15)11-22-19(26)24-12-17(18(25)23-16-5-6-16)20(13-24)7-9-27-10-8-20/h1-4,16-17H,5-13H2,(H,22,26)(H,23,25). The van der Waals surface area contributed by atoms with Gasteiger partial charge < -0.3 is 20.3 Å². The highest BCUT2D eigenvalue weighted by Gasteiger charge is 2.52. The van der Waals surface area contributed by atoms with E-state index in [0.717, 1.165) is 31.2 Å². The van der Waals surface area contributed by atoms with Gasteiger partial charge in [-0.25, -0.2) is 9.18 Å². The van der Waals surface area contributed by atoms with Crippen molar-refractivity contribution in [2.24, 2.45) is 11.3 Å². The van der Waals surface area contributed by atoms with Gasteiger partial charge in [-0.1, -0.05) is 12.1 Å². The summed E-state index contributed by atoms with van der Waals surface area (Å²) in [6, 6.07) is 6.22. The Labute approximate surface area is 158 Å². The second kappa shape index (κ2) is 7.46. The summed E-state index contributed by atoms with van der Waals surface area (Å²) in [6.45, 7) is 2.63. The molecule has 2 N–H and O–H groups in total. The van der Waals surface area contributed by atoms with Crippen molar-refractivity contribution in [3.63, 3.8) is 0 Å². The van der Waals surface area contributed by atoms with Crippen LogP contribution in [0.3, 0.4) is 0 Å². The number of nitrogens with one attached hydrogen (secondary N) is 2. The fraction of sp³-hybridized carbons (Fsp3) is 0.600. The zero-order valence-electron chi connectivity index (χ0n) is 15.4. The van der Waals surface area contributed by atoms with Crippen LogP contribution in [-0.2, 0) is 16.1 Å². The highest BCUT2D eigenvalue weighted by atomic mass is 19.1. The Kier molecular flexibility index (Phi) is 5.04. The zero-order chi connectivity index (χ0) is 18.9. The molecular formula is C20H26FN3O3. The molecule has 0 radical (unpaired) electrons. The molecule has 2 heterocycles. The summed E-state index contributed by atoms with van der Waals surface area (Å²) < 4.78 is 18.5. The first kappa shape index (κ1) is 18.2. The number of halogens is 1.